The van der Waals surface area contributed by atoms with E-state index < -0.39 is 6.10 Å². The van der Waals surface area contributed by atoms with Crippen LogP contribution in [-0.2, 0) is 28.6 Å². The number of hydrogen-bond acceptors (Lipinski definition) is 6. The maximum absolute atomic E-state index is 12.8. The molecule has 0 aromatic heterocycles. The Bertz CT molecular complexity index is 1250. The van der Waals surface area contributed by atoms with E-state index in [2.05, 4.69) is 99.8 Å². The summed E-state index contributed by atoms with van der Waals surface area (Å²) in [7, 11) is 0. The first-order valence-corrected chi connectivity index (χ1v) is 26.6. The molecule has 0 fully saturated rings. The van der Waals surface area contributed by atoms with Gasteiger partial charge in [-0.3, -0.25) is 14.4 Å². The van der Waals surface area contributed by atoms with E-state index in [0.29, 0.717) is 19.3 Å². The standard InChI is InChI=1S/C58H98O6/c1-4-7-10-13-16-19-22-25-27-28-29-30-32-33-36-39-42-45-48-51-57(60)63-54-55(53-62-56(59)50-47-44-41-38-35-24-21-18-15-12-9-6-3)64-58(61)52-49-46-43-40-37-34-31-26-23-20-17-14-11-8-5-2/h7,10,16,18-19,21,25,27,29-30,33,36,42,45,55H,4-6,8-9,11-15,17,20,22-24,26,28,31-32,34-35,37-41,43-44,46-54H2,1-3H3/b10-7-,19-16-,21-18-,27-25-,30-29-,36-33-,45-42-. The molecule has 0 rings (SSSR count). The Labute approximate surface area is 395 Å². The molecule has 0 spiro atoms. The van der Waals surface area contributed by atoms with E-state index >= 15 is 0 Å². The first kappa shape index (κ1) is 60.6. The molecule has 0 saturated heterocycles. The summed E-state index contributed by atoms with van der Waals surface area (Å²) in [6.45, 7) is 6.43. The Morgan fingerprint density at radius 1 is 0.328 bits per heavy atom. The maximum atomic E-state index is 12.8. The molecule has 366 valence electrons. The van der Waals surface area contributed by atoms with Crippen molar-refractivity contribution in [2.75, 3.05) is 13.2 Å². The van der Waals surface area contributed by atoms with Crippen LogP contribution in [0.15, 0.2) is 85.1 Å². The number of carbonyl (C=O) groups is 3. The van der Waals surface area contributed by atoms with Gasteiger partial charge >= 0.3 is 17.9 Å². The minimum absolute atomic E-state index is 0.103. The molecule has 1 unspecified atom stereocenters. The van der Waals surface area contributed by atoms with E-state index in [4.69, 9.17) is 14.2 Å². The Balaban J connectivity index is 4.49. The van der Waals surface area contributed by atoms with Crippen LogP contribution in [0.2, 0.25) is 0 Å². The van der Waals surface area contributed by atoms with Crippen molar-refractivity contribution in [1.29, 1.82) is 0 Å². The van der Waals surface area contributed by atoms with Crippen LogP contribution in [0.1, 0.15) is 245 Å². The highest BCUT2D eigenvalue weighted by Gasteiger charge is 2.19. The Morgan fingerprint density at radius 3 is 1.08 bits per heavy atom. The highest BCUT2D eigenvalue weighted by molar-refractivity contribution is 5.71. The first-order chi connectivity index (χ1) is 31.5. The van der Waals surface area contributed by atoms with E-state index in [-0.39, 0.29) is 37.5 Å². The Kier molecular flexibility index (Phi) is 49.4. The summed E-state index contributed by atoms with van der Waals surface area (Å²) in [5.74, 6) is -0.996. The normalized spacial score (nSPS) is 12.7. The molecule has 0 aliphatic heterocycles. The zero-order chi connectivity index (χ0) is 46.5. The van der Waals surface area contributed by atoms with Crippen molar-refractivity contribution in [3.63, 3.8) is 0 Å². The van der Waals surface area contributed by atoms with Gasteiger partial charge in [-0.25, -0.2) is 0 Å². The summed E-state index contributed by atoms with van der Waals surface area (Å²) in [4.78, 5) is 38.0. The quantitative estimate of drug-likeness (QED) is 0.0262. The van der Waals surface area contributed by atoms with Crippen LogP contribution in [0.3, 0.4) is 0 Å². The second-order valence-corrected chi connectivity index (χ2v) is 17.4. The number of unbranched alkanes of at least 4 members (excludes halogenated alkanes) is 22. The van der Waals surface area contributed by atoms with E-state index in [0.717, 1.165) is 89.9 Å². The van der Waals surface area contributed by atoms with Gasteiger partial charge in [0.15, 0.2) is 6.10 Å². The lowest BCUT2D eigenvalue weighted by atomic mass is 10.0. The summed E-state index contributed by atoms with van der Waals surface area (Å²) in [6.07, 6.45) is 67.2. The average molecular weight is 891 g/mol. The molecule has 0 bridgehead atoms. The molecular formula is C58H98O6. The van der Waals surface area contributed by atoms with Crippen LogP contribution in [0.4, 0.5) is 0 Å². The first-order valence-electron chi connectivity index (χ1n) is 26.6. The maximum Gasteiger partial charge on any atom is 0.306 e. The molecule has 0 saturated carbocycles. The van der Waals surface area contributed by atoms with Gasteiger partial charge in [0.05, 0.1) is 0 Å². The highest BCUT2D eigenvalue weighted by atomic mass is 16.6. The third-order valence-electron chi connectivity index (χ3n) is 11.1. The predicted molar refractivity (Wildman–Crippen MR) is 274 cm³/mol. The van der Waals surface area contributed by atoms with Gasteiger partial charge < -0.3 is 14.2 Å². The van der Waals surface area contributed by atoms with Gasteiger partial charge in [0.1, 0.15) is 13.2 Å². The fourth-order valence-electron chi connectivity index (χ4n) is 7.17. The van der Waals surface area contributed by atoms with Crippen molar-refractivity contribution >= 4 is 17.9 Å². The van der Waals surface area contributed by atoms with E-state index in [1.165, 1.54) is 109 Å². The van der Waals surface area contributed by atoms with Crippen LogP contribution >= 0.6 is 0 Å². The number of ether oxygens (including phenoxy) is 3. The number of hydrogen-bond donors (Lipinski definition) is 0. The van der Waals surface area contributed by atoms with Crippen molar-refractivity contribution in [2.24, 2.45) is 0 Å². The largest absolute Gasteiger partial charge is 0.462 e. The molecule has 0 N–H and O–H groups in total. The minimum Gasteiger partial charge on any atom is -0.462 e. The van der Waals surface area contributed by atoms with Crippen molar-refractivity contribution in [2.45, 2.75) is 252 Å². The second-order valence-electron chi connectivity index (χ2n) is 17.4. The summed E-state index contributed by atoms with van der Waals surface area (Å²) in [5, 5.41) is 0. The lowest BCUT2D eigenvalue weighted by Crippen LogP contribution is -2.30. The summed E-state index contributed by atoms with van der Waals surface area (Å²) < 4.78 is 16.7. The summed E-state index contributed by atoms with van der Waals surface area (Å²) in [5.41, 5.74) is 0. The molecule has 1 atom stereocenters. The number of esters is 3. The smallest absolute Gasteiger partial charge is 0.306 e. The fourth-order valence-corrected chi connectivity index (χ4v) is 7.17. The van der Waals surface area contributed by atoms with E-state index in [1.54, 1.807) is 0 Å². The van der Waals surface area contributed by atoms with Crippen molar-refractivity contribution in [1.82, 2.24) is 0 Å². The molecule has 0 heterocycles. The number of allylic oxidation sites excluding steroid dienone is 14. The zero-order valence-electron chi connectivity index (χ0n) is 41.8. The highest BCUT2D eigenvalue weighted by Crippen LogP contribution is 2.15. The molecule has 0 amide bonds. The lowest BCUT2D eigenvalue weighted by Gasteiger charge is -2.18. The molecule has 6 heteroatoms. The molecule has 6 nitrogen and oxygen atoms in total. The summed E-state index contributed by atoms with van der Waals surface area (Å²) >= 11 is 0. The van der Waals surface area contributed by atoms with Gasteiger partial charge in [-0.05, 0) is 83.5 Å². The zero-order valence-corrected chi connectivity index (χ0v) is 41.8. The predicted octanol–water partition coefficient (Wildman–Crippen LogP) is 17.6. The second kappa shape index (κ2) is 52.2. The third kappa shape index (κ3) is 49.6. The SMILES string of the molecule is CC/C=C\C/C=C\C/C=C\C/C=C\C/C=C\C/C=C\CCC(=O)OCC(COC(=O)CCCCCCC/C=C\CCCCC)OC(=O)CCCCCCCCCCCCCCCCC. The monoisotopic (exact) mass is 891 g/mol. The number of carbonyl (C=O) groups excluding carboxylic acids is 3. The van der Waals surface area contributed by atoms with Crippen molar-refractivity contribution in [3.8, 4) is 0 Å². The van der Waals surface area contributed by atoms with Crippen LogP contribution < -0.4 is 0 Å². The van der Waals surface area contributed by atoms with Gasteiger partial charge in [0, 0.05) is 19.3 Å². The Hall–Kier alpha value is -3.41. The molecular weight excluding hydrogens is 793 g/mol. The van der Waals surface area contributed by atoms with Crippen molar-refractivity contribution < 1.29 is 28.6 Å². The van der Waals surface area contributed by atoms with Gasteiger partial charge in [0.2, 0.25) is 0 Å². The lowest BCUT2D eigenvalue weighted by molar-refractivity contribution is -0.166. The fraction of sp³-hybridized carbons (Fsp3) is 0.707. The van der Waals surface area contributed by atoms with E-state index in [1.807, 2.05) is 6.08 Å². The molecule has 0 aromatic carbocycles. The van der Waals surface area contributed by atoms with Crippen LogP contribution in [0, 0.1) is 0 Å². The van der Waals surface area contributed by atoms with Gasteiger partial charge in [0.25, 0.3) is 0 Å². The summed E-state index contributed by atoms with van der Waals surface area (Å²) in [6, 6.07) is 0. The van der Waals surface area contributed by atoms with Crippen LogP contribution in [-0.4, -0.2) is 37.2 Å². The van der Waals surface area contributed by atoms with E-state index in [9.17, 15) is 14.4 Å². The van der Waals surface area contributed by atoms with Crippen molar-refractivity contribution in [3.05, 3.63) is 85.1 Å². The van der Waals surface area contributed by atoms with Crippen LogP contribution in [0.5, 0.6) is 0 Å². The molecule has 0 radical (unpaired) electrons. The molecule has 0 aliphatic rings. The molecule has 0 aromatic rings. The molecule has 64 heavy (non-hydrogen) atoms. The van der Waals surface area contributed by atoms with Crippen LogP contribution in [0.25, 0.3) is 0 Å². The third-order valence-corrected chi connectivity index (χ3v) is 11.1. The topological polar surface area (TPSA) is 78.9 Å². The number of rotatable bonds is 47. The molecule has 0 aliphatic carbocycles. The van der Waals surface area contributed by atoms with Gasteiger partial charge in [-0.15, -0.1) is 0 Å². The van der Waals surface area contributed by atoms with Gasteiger partial charge in [-0.2, -0.15) is 0 Å². The Morgan fingerprint density at radius 2 is 0.641 bits per heavy atom. The van der Waals surface area contributed by atoms with Gasteiger partial charge in [-0.1, -0.05) is 228 Å². The average Bonchev–Trinajstić information content (AvgIpc) is 3.29. The minimum atomic E-state index is -0.808.